The first kappa shape index (κ1) is 17.4. The molecule has 0 N–H and O–H groups in total. The molecule has 1 aromatic carbocycles. The number of benzene rings is 1. The van der Waals surface area contributed by atoms with Crippen LogP contribution in [0.3, 0.4) is 0 Å². The van der Waals surface area contributed by atoms with Crippen LogP contribution >= 0.6 is 0 Å². The summed E-state index contributed by atoms with van der Waals surface area (Å²) in [6, 6.07) is 10.2. The minimum atomic E-state index is -0.463. The van der Waals surface area contributed by atoms with E-state index in [1.165, 1.54) is 12.1 Å². The lowest BCUT2D eigenvalue weighted by molar-refractivity contribution is -0.384. The van der Waals surface area contributed by atoms with Crippen molar-refractivity contribution in [2.45, 2.75) is 20.4 Å². The smallest absolute Gasteiger partial charge is 0.270 e. The molecule has 0 aliphatic carbocycles. The predicted molar refractivity (Wildman–Crippen MR) is 92.4 cm³/mol. The van der Waals surface area contributed by atoms with Crippen LogP contribution in [0.1, 0.15) is 22.5 Å². The number of hydrogen-bond donors (Lipinski definition) is 0. The zero-order valence-corrected chi connectivity index (χ0v) is 13.9. The number of nitro benzene ring substituents is 1. The van der Waals surface area contributed by atoms with Crippen molar-refractivity contribution in [1.82, 2.24) is 4.57 Å². The Hall–Kier alpha value is -2.91. The Balaban J connectivity index is 2.43. The van der Waals surface area contributed by atoms with Gasteiger partial charge in [0, 0.05) is 37.2 Å². The van der Waals surface area contributed by atoms with Gasteiger partial charge < -0.3 is 9.30 Å². The van der Waals surface area contributed by atoms with Crippen LogP contribution < -0.4 is 0 Å². The molecule has 1 aromatic heterocycles. The lowest BCUT2D eigenvalue weighted by Gasteiger charge is -2.08. The first-order valence-corrected chi connectivity index (χ1v) is 7.50. The Bertz CT molecular complexity index is 829. The third-order valence-electron chi connectivity index (χ3n) is 3.92. The molecule has 1 heterocycles. The number of aromatic nitrogens is 1. The van der Waals surface area contributed by atoms with Crippen LogP contribution in [0.5, 0.6) is 0 Å². The van der Waals surface area contributed by atoms with E-state index in [-0.39, 0.29) is 5.69 Å². The van der Waals surface area contributed by atoms with Gasteiger partial charge in [0.15, 0.2) is 0 Å². The fraction of sp³-hybridized carbons (Fsp3) is 0.278. The Labute approximate surface area is 140 Å². The Morgan fingerprint density at radius 2 is 2.17 bits per heavy atom. The van der Waals surface area contributed by atoms with Crippen molar-refractivity contribution in [3.05, 3.63) is 63.0 Å². The topological polar surface area (TPSA) is 81.1 Å². The zero-order chi connectivity index (χ0) is 17.7. The molecular formula is C18H19N3O3. The summed E-state index contributed by atoms with van der Waals surface area (Å²) in [5.41, 5.74) is 3.93. The summed E-state index contributed by atoms with van der Waals surface area (Å²) in [6.07, 6.45) is 1.77. The van der Waals surface area contributed by atoms with E-state index in [2.05, 4.69) is 10.6 Å². The fourth-order valence-electron chi connectivity index (χ4n) is 2.62. The molecule has 6 nitrogen and oxygen atoms in total. The number of methoxy groups -OCH3 is 1. The monoisotopic (exact) mass is 325 g/mol. The van der Waals surface area contributed by atoms with Gasteiger partial charge in [-0.15, -0.1) is 0 Å². The maximum absolute atomic E-state index is 10.9. The highest BCUT2D eigenvalue weighted by Crippen LogP contribution is 2.24. The molecule has 0 aliphatic rings. The molecule has 0 amide bonds. The number of aryl methyl sites for hydroxylation is 1. The fourth-order valence-corrected chi connectivity index (χ4v) is 2.62. The molecule has 6 heteroatoms. The number of rotatable bonds is 6. The number of hydrogen-bond acceptors (Lipinski definition) is 4. The maximum atomic E-state index is 10.9. The average molecular weight is 325 g/mol. The minimum Gasteiger partial charge on any atom is -0.383 e. The summed E-state index contributed by atoms with van der Waals surface area (Å²) < 4.78 is 7.24. The first-order chi connectivity index (χ1) is 11.5. The van der Waals surface area contributed by atoms with Crippen molar-refractivity contribution in [3.63, 3.8) is 0 Å². The summed E-state index contributed by atoms with van der Waals surface area (Å²) in [4.78, 5) is 10.4. The van der Waals surface area contributed by atoms with Crippen molar-refractivity contribution in [2.75, 3.05) is 13.7 Å². The van der Waals surface area contributed by atoms with E-state index in [1.807, 2.05) is 19.9 Å². The number of nitriles is 1. The molecule has 0 bridgehead atoms. The number of nitro groups is 1. The van der Waals surface area contributed by atoms with E-state index in [0.717, 1.165) is 23.5 Å². The van der Waals surface area contributed by atoms with E-state index in [1.54, 1.807) is 25.3 Å². The van der Waals surface area contributed by atoms with E-state index in [0.29, 0.717) is 17.7 Å². The molecule has 24 heavy (non-hydrogen) atoms. The largest absolute Gasteiger partial charge is 0.383 e. The van der Waals surface area contributed by atoms with E-state index < -0.39 is 4.92 Å². The van der Waals surface area contributed by atoms with Gasteiger partial charge in [-0.2, -0.15) is 5.26 Å². The van der Waals surface area contributed by atoms with Gasteiger partial charge in [-0.25, -0.2) is 0 Å². The van der Waals surface area contributed by atoms with Crippen LogP contribution in [-0.2, 0) is 11.3 Å². The lowest BCUT2D eigenvalue weighted by atomic mass is 10.0. The summed E-state index contributed by atoms with van der Waals surface area (Å²) in [5.74, 6) is 0. The highest BCUT2D eigenvalue weighted by Gasteiger charge is 2.11. The quantitative estimate of drug-likeness (QED) is 0.460. The number of nitrogens with zero attached hydrogens (tertiary/aromatic N) is 3. The third kappa shape index (κ3) is 3.70. The normalized spacial score (nSPS) is 11.3. The average Bonchev–Trinajstić information content (AvgIpc) is 2.84. The van der Waals surface area contributed by atoms with Gasteiger partial charge in [0.25, 0.3) is 5.69 Å². The van der Waals surface area contributed by atoms with Crippen LogP contribution in [0.2, 0.25) is 0 Å². The second kappa shape index (κ2) is 7.57. The molecule has 0 fully saturated rings. The SMILES string of the molecule is COCCn1c(C)cc(/C=C(/C#N)c2cccc([N+](=O)[O-])c2)c1C. The second-order valence-electron chi connectivity index (χ2n) is 5.45. The Morgan fingerprint density at radius 3 is 2.79 bits per heavy atom. The highest BCUT2D eigenvalue weighted by atomic mass is 16.6. The van der Waals surface area contributed by atoms with Crippen LogP contribution in [0, 0.1) is 35.3 Å². The molecule has 0 spiro atoms. The van der Waals surface area contributed by atoms with Gasteiger partial charge in [0.1, 0.15) is 0 Å². The second-order valence-corrected chi connectivity index (χ2v) is 5.45. The van der Waals surface area contributed by atoms with E-state index in [4.69, 9.17) is 4.74 Å². The van der Waals surface area contributed by atoms with Crippen molar-refractivity contribution in [1.29, 1.82) is 5.26 Å². The van der Waals surface area contributed by atoms with Gasteiger partial charge in [0.2, 0.25) is 0 Å². The van der Waals surface area contributed by atoms with Gasteiger partial charge in [-0.05, 0) is 37.1 Å². The molecule has 124 valence electrons. The van der Waals surface area contributed by atoms with Crippen LogP contribution in [0.4, 0.5) is 5.69 Å². The molecule has 0 saturated heterocycles. The Kier molecular flexibility index (Phi) is 5.51. The van der Waals surface area contributed by atoms with Gasteiger partial charge in [-0.1, -0.05) is 12.1 Å². The van der Waals surface area contributed by atoms with Gasteiger partial charge in [0.05, 0.1) is 23.2 Å². The van der Waals surface area contributed by atoms with Crippen LogP contribution in [-0.4, -0.2) is 23.2 Å². The van der Waals surface area contributed by atoms with Crippen molar-refractivity contribution in [3.8, 4) is 6.07 Å². The molecule has 0 saturated carbocycles. The first-order valence-electron chi connectivity index (χ1n) is 7.50. The van der Waals surface area contributed by atoms with Gasteiger partial charge >= 0.3 is 0 Å². The lowest BCUT2D eigenvalue weighted by Crippen LogP contribution is -2.07. The molecule has 2 rings (SSSR count). The predicted octanol–water partition coefficient (Wildman–Crippen LogP) is 3.72. The maximum Gasteiger partial charge on any atom is 0.270 e. The van der Waals surface area contributed by atoms with Gasteiger partial charge in [-0.3, -0.25) is 10.1 Å². The van der Waals surface area contributed by atoms with E-state index >= 15 is 0 Å². The molecular weight excluding hydrogens is 306 g/mol. The summed E-state index contributed by atoms with van der Waals surface area (Å²) in [7, 11) is 1.66. The Morgan fingerprint density at radius 1 is 1.42 bits per heavy atom. The summed E-state index contributed by atoms with van der Waals surface area (Å²) in [6.45, 7) is 5.33. The standard InChI is InChI=1S/C18H19N3O3/c1-13-9-16(14(2)20(13)7-8-24-3)10-17(12-19)15-5-4-6-18(11-15)21(22)23/h4-6,9-11H,7-8H2,1-3H3/b17-10-. The van der Waals surface area contributed by atoms with Crippen LogP contribution in [0.25, 0.3) is 11.6 Å². The van der Waals surface area contributed by atoms with Crippen molar-refractivity contribution in [2.24, 2.45) is 0 Å². The minimum absolute atomic E-state index is 0.0285. The molecule has 0 atom stereocenters. The number of ether oxygens (including phenoxy) is 1. The third-order valence-corrected chi connectivity index (χ3v) is 3.92. The summed E-state index contributed by atoms with van der Waals surface area (Å²) >= 11 is 0. The molecule has 0 radical (unpaired) electrons. The zero-order valence-electron chi connectivity index (χ0n) is 13.9. The molecule has 0 aliphatic heterocycles. The number of allylic oxidation sites excluding steroid dienone is 1. The van der Waals surface area contributed by atoms with E-state index in [9.17, 15) is 15.4 Å². The molecule has 2 aromatic rings. The number of non-ortho nitro benzene ring substituents is 1. The van der Waals surface area contributed by atoms with Crippen molar-refractivity contribution >= 4 is 17.3 Å². The van der Waals surface area contributed by atoms with Crippen LogP contribution in [0.15, 0.2) is 30.3 Å². The molecule has 0 unspecified atom stereocenters. The summed E-state index contributed by atoms with van der Waals surface area (Å²) in [5, 5.41) is 20.4. The highest BCUT2D eigenvalue weighted by molar-refractivity contribution is 5.90. The van der Waals surface area contributed by atoms with Crippen molar-refractivity contribution < 1.29 is 9.66 Å².